The minimum atomic E-state index is -1.48. The smallest absolute Gasteiger partial charge is 0.423 e. The molecular weight excluding hydrogens is 425 g/mol. The van der Waals surface area contributed by atoms with Crippen LogP contribution in [0.4, 0.5) is 5.82 Å². The number of hydrogen-bond acceptors (Lipinski definition) is 6. The van der Waals surface area contributed by atoms with E-state index in [9.17, 15) is 10.0 Å². The lowest BCUT2D eigenvalue weighted by atomic mass is 9.79. The second-order valence-electron chi connectivity index (χ2n) is 9.01. The van der Waals surface area contributed by atoms with Gasteiger partial charge in [0.05, 0.1) is 11.2 Å². The van der Waals surface area contributed by atoms with Gasteiger partial charge in [0.25, 0.3) is 0 Å². The normalized spacial score (nSPS) is 13.5. The highest BCUT2D eigenvalue weighted by molar-refractivity contribution is 6.58. The quantitative estimate of drug-likeness (QED) is 0.263. The Labute approximate surface area is 199 Å². The second kappa shape index (κ2) is 9.58. The number of nitrogens with two attached hydrogens (primary N) is 1. The van der Waals surface area contributed by atoms with Crippen molar-refractivity contribution in [3.8, 4) is 5.95 Å². The zero-order valence-electron chi connectivity index (χ0n) is 19.5. The Balaban J connectivity index is 1.57. The standard InChI is InChI=1S/C26H30BN5O2/c1-17-13-22-19(15-28)8-6-12-24(22)32(17)26-30-23-11-4-2-3-10-21(23)25(31-26)29-16-18-7-5-9-20(14-18)27(33)34/h5-9,12-14,33-34H,2-4,10-11,15-16,28H2,1H3,(H,29,30,31). The summed E-state index contributed by atoms with van der Waals surface area (Å²) in [6.07, 6.45) is 5.34. The molecule has 0 atom stereocenters. The SMILES string of the molecule is Cc1cc2c(CN)cccc2n1-c1nc2c(c(NCc3cccc(B(O)O)c3)n1)CCCCC2. The van der Waals surface area contributed by atoms with E-state index >= 15 is 0 Å². The summed E-state index contributed by atoms with van der Waals surface area (Å²) in [7, 11) is -1.48. The van der Waals surface area contributed by atoms with Crippen LogP contribution in [0.2, 0.25) is 0 Å². The van der Waals surface area contributed by atoms with Crippen molar-refractivity contribution in [1.82, 2.24) is 14.5 Å². The van der Waals surface area contributed by atoms with E-state index < -0.39 is 7.12 Å². The molecule has 0 radical (unpaired) electrons. The molecule has 0 unspecified atom stereocenters. The predicted molar refractivity (Wildman–Crippen MR) is 136 cm³/mol. The Kier molecular flexibility index (Phi) is 6.37. The van der Waals surface area contributed by atoms with Crippen LogP contribution in [-0.2, 0) is 25.9 Å². The van der Waals surface area contributed by atoms with Gasteiger partial charge in [-0.05, 0) is 61.3 Å². The first-order chi connectivity index (χ1) is 16.5. The van der Waals surface area contributed by atoms with Crippen molar-refractivity contribution in [3.63, 3.8) is 0 Å². The summed E-state index contributed by atoms with van der Waals surface area (Å²) in [5, 5.41) is 23.7. The first kappa shape index (κ1) is 22.6. The van der Waals surface area contributed by atoms with Crippen LogP contribution >= 0.6 is 0 Å². The predicted octanol–water partition coefficient (Wildman–Crippen LogP) is 2.75. The largest absolute Gasteiger partial charge is 0.488 e. The molecular formula is C26H30BN5O2. The van der Waals surface area contributed by atoms with Gasteiger partial charge in [0.2, 0.25) is 5.95 Å². The van der Waals surface area contributed by atoms with Crippen LogP contribution in [0, 0.1) is 6.92 Å². The lowest BCUT2D eigenvalue weighted by Gasteiger charge is -2.17. The van der Waals surface area contributed by atoms with Gasteiger partial charge in [0.1, 0.15) is 5.82 Å². The molecule has 0 aliphatic heterocycles. The van der Waals surface area contributed by atoms with Crippen LogP contribution in [0.25, 0.3) is 16.9 Å². The van der Waals surface area contributed by atoms with E-state index in [1.165, 1.54) is 12.0 Å². The Morgan fingerprint density at radius 1 is 1.03 bits per heavy atom. The Bertz CT molecular complexity index is 1330. The number of hydrogen-bond donors (Lipinski definition) is 4. The molecule has 174 valence electrons. The number of benzene rings is 2. The molecule has 2 aromatic heterocycles. The van der Waals surface area contributed by atoms with Crippen molar-refractivity contribution in [2.75, 3.05) is 5.32 Å². The molecule has 2 heterocycles. The first-order valence-electron chi connectivity index (χ1n) is 11.9. The van der Waals surface area contributed by atoms with Crippen molar-refractivity contribution in [1.29, 1.82) is 0 Å². The van der Waals surface area contributed by atoms with Crippen LogP contribution in [0.3, 0.4) is 0 Å². The molecule has 0 amide bonds. The summed E-state index contributed by atoms with van der Waals surface area (Å²) in [5.74, 6) is 1.53. The average Bonchev–Trinajstić information content (AvgIpc) is 3.01. The number of aromatic nitrogens is 3. The third-order valence-corrected chi connectivity index (χ3v) is 6.67. The minimum absolute atomic E-state index is 0.478. The maximum atomic E-state index is 9.52. The molecule has 0 bridgehead atoms. The maximum absolute atomic E-state index is 9.52. The van der Waals surface area contributed by atoms with E-state index in [2.05, 4.69) is 35.0 Å². The number of anilines is 1. The summed E-state index contributed by atoms with van der Waals surface area (Å²) in [6, 6.07) is 15.7. The van der Waals surface area contributed by atoms with Gasteiger partial charge in [-0.1, -0.05) is 42.8 Å². The highest BCUT2D eigenvalue weighted by Gasteiger charge is 2.20. The molecule has 0 saturated carbocycles. The van der Waals surface area contributed by atoms with E-state index in [4.69, 9.17) is 15.7 Å². The number of nitrogens with one attached hydrogen (secondary N) is 1. The van der Waals surface area contributed by atoms with E-state index in [1.807, 2.05) is 18.2 Å². The number of fused-ring (bicyclic) bond motifs is 2. The number of rotatable bonds is 6. The fourth-order valence-corrected chi connectivity index (χ4v) is 4.92. The molecule has 0 fully saturated rings. The fourth-order valence-electron chi connectivity index (χ4n) is 4.92. The van der Waals surface area contributed by atoms with E-state index in [1.54, 1.807) is 12.1 Å². The Hall–Kier alpha value is -3.20. The third-order valence-electron chi connectivity index (χ3n) is 6.67. The van der Waals surface area contributed by atoms with Gasteiger partial charge >= 0.3 is 7.12 Å². The molecule has 34 heavy (non-hydrogen) atoms. The molecule has 4 aromatic rings. The molecule has 5 rings (SSSR count). The molecule has 1 aliphatic carbocycles. The second-order valence-corrected chi connectivity index (χ2v) is 9.01. The monoisotopic (exact) mass is 455 g/mol. The molecule has 7 nitrogen and oxygen atoms in total. The molecule has 8 heteroatoms. The van der Waals surface area contributed by atoms with Gasteiger partial charge in [-0.2, -0.15) is 4.98 Å². The van der Waals surface area contributed by atoms with Crippen molar-refractivity contribution in [2.24, 2.45) is 5.73 Å². The lowest BCUT2D eigenvalue weighted by molar-refractivity contribution is 0.425. The summed E-state index contributed by atoms with van der Waals surface area (Å²) in [5.41, 5.74) is 13.0. The third kappa shape index (κ3) is 4.32. The van der Waals surface area contributed by atoms with E-state index in [0.717, 1.165) is 64.9 Å². The zero-order valence-corrected chi connectivity index (χ0v) is 19.5. The van der Waals surface area contributed by atoms with Crippen LogP contribution < -0.4 is 16.5 Å². The topological polar surface area (TPSA) is 109 Å². The van der Waals surface area contributed by atoms with Crippen LogP contribution in [-0.4, -0.2) is 31.7 Å². The molecule has 2 aromatic carbocycles. The fraction of sp³-hybridized carbons (Fsp3) is 0.308. The van der Waals surface area contributed by atoms with Gasteiger partial charge < -0.3 is 21.1 Å². The average molecular weight is 455 g/mol. The van der Waals surface area contributed by atoms with Gasteiger partial charge in [-0.3, -0.25) is 4.57 Å². The van der Waals surface area contributed by atoms with Crippen molar-refractivity contribution < 1.29 is 10.0 Å². The van der Waals surface area contributed by atoms with Crippen molar-refractivity contribution in [3.05, 3.63) is 76.6 Å². The summed E-state index contributed by atoms with van der Waals surface area (Å²) >= 11 is 0. The Morgan fingerprint density at radius 2 is 1.85 bits per heavy atom. The van der Waals surface area contributed by atoms with Gasteiger partial charge in [-0.25, -0.2) is 4.98 Å². The number of aryl methyl sites for hydroxylation is 2. The lowest BCUT2D eigenvalue weighted by Crippen LogP contribution is -2.30. The van der Waals surface area contributed by atoms with Gasteiger partial charge in [-0.15, -0.1) is 0 Å². The summed E-state index contributed by atoms with van der Waals surface area (Å²) in [4.78, 5) is 10.1. The van der Waals surface area contributed by atoms with Crippen LogP contribution in [0.5, 0.6) is 0 Å². The van der Waals surface area contributed by atoms with Gasteiger partial charge in [0.15, 0.2) is 0 Å². The molecule has 0 saturated heterocycles. The zero-order chi connectivity index (χ0) is 23.7. The summed E-state index contributed by atoms with van der Waals surface area (Å²) in [6.45, 7) is 3.10. The first-order valence-corrected chi connectivity index (χ1v) is 11.9. The summed E-state index contributed by atoms with van der Waals surface area (Å²) < 4.78 is 2.12. The van der Waals surface area contributed by atoms with E-state index in [0.29, 0.717) is 24.5 Å². The minimum Gasteiger partial charge on any atom is -0.423 e. The van der Waals surface area contributed by atoms with Crippen molar-refractivity contribution >= 4 is 29.3 Å². The number of nitrogens with zero attached hydrogens (tertiary/aromatic N) is 3. The van der Waals surface area contributed by atoms with Crippen molar-refractivity contribution in [2.45, 2.75) is 52.1 Å². The highest BCUT2D eigenvalue weighted by atomic mass is 16.4. The Morgan fingerprint density at radius 3 is 2.68 bits per heavy atom. The molecule has 1 aliphatic rings. The highest BCUT2D eigenvalue weighted by Crippen LogP contribution is 2.30. The van der Waals surface area contributed by atoms with E-state index in [-0.39, 0.29) is 0 Å². The maximum Gasteiger partial charge on any atom is 0.488 e. The molecule has 5 N–H and O–H groups in total. The van der Waals surface area contributed by atoms with Gasteiger partial charge in [0, 0.05) is 29.7 Å². The van der Waals surface area contributed by atoms with Crippen LogP contribution in [0.15, 0.2) is 48.5 Å². The molecule has 0 spiro atoms. The van der Waals surface area contributed by atoms with Crippen LogP contribution in [0.1, 0.15) is 47.3 Å².